The lowest BCUT2D eigenvalue weighted by atomic mass is 10.1. The largest absolute Gasteiger partial charge is 0.320 e. The summed E-state index contributed by atoms with van der Waals surface area (Å²) in [5.74, 6) is -0.155. The third kappa shape index (κ3) is 3.61. The molecular weight excluding hydrogens is 326 g/mol. The van der Waals surface area contributed by atoms with Gasteiger partial charge in [-0.15, -0.1) is 0 Å². The second-order valence-electron chi connectivity index (χ2n) is 6.47. The summed E-state index contributed by atoms with van der Waals surface area (Å²) in [5.41, 5.74) is 3.90. The van der Waals surface area contributed by atoms with Crippen LogP contribution in [-0.2, 0) is 18.3 Å². The van der Waals surface area contributed by atoms with Crippen LogP contribution in [0.2, 0.25) is 0 Å². The van der Waals surface area contributed by atoms with Crippen molar-refractivity contribution in [2.24, 2.45) is 7.05 Å². The van der Waals surface area contributed by atoms with Crippen molar-refractivity contribution in [2.75, 3.05) is 5.32 Å². The highest BCUT2D eigenvalue weighted by Gasteiger charge is 2.17. The molecule has 26 heavy (non-hydrogen) atoms. The number of carbonyl (C=O) groups is 1. The molecule has 0 bridgehead atoms. The predicted molar refractivity (Wildman–Crippen MR) is 104 cm³/mol. The number of hydrogen-bond acceptors (Lipinski definition) is 2. The summed E-state index contributed by atoms with van der Waals surface area (Å²) in [6.07, 6.45) is 0.981. The molecule has 1 heterocycles. The molecule has 134 valence electrons. The molecule has 1 amide bonds. The van der Waals surface area contributed by atoms with Gasteiger partial charge in [-0.1, -0.05) is 48.0 Å². The maximum absolute atomic E-state index is 12.8. The van der Waals surface area contributed by atoms with Gasteiger partial charge in [0.05, 0.1) is 11.4 Å². The molecule has 0 radical (unpaired) electrons. The van der Waals surface area contributed by atoms with E-state index in [0.29, 0.717) is 18.5 Å². The minimum atomic E-state index is -0.222. The standard InChI is InChI=1S/C21H23N3O2/c1-15-8-7-9-17(14-15)12-13-19(25)22-20-16(2)23(3)24(21(20)26)18-10-5-4-6-11-18/h4-11,14H,12-13H2,1-3H3,(H,22,25). The van der Waals surface area contributed by atoms with Crippen LogP contribution in [0.15, 0.2) is 59.4 Å². The Kier molecular flexibility index (Phi) is 5.07. The van der Waals surface area contributed by atoms with Crippen LogP contribution in [0.3, 0.4) is 0 Å². The average Bonchev–Trinajstić information content (AvgIpc) is 2.84. The number of rotatable bonds is 5. The minimum absolute atomic E-state index is 0.155. The van der Waals surface area contributed by atoms with Gasteiger partial charge in [0.1, 0.15) is 5.69 Å². The monoisotopic (exact) mass is 349 g/mol. The van der Waals surface area contributed by atoms with Crippen LogP contribution < -0.4 is 10.9 Å². The summed E-state index contributed by atoms with van der Waals surface area (Å²) in [4.78, 5) is 25.2. The Bertz CT molecular complexity index is 984. The van der Waals surface area contributed by atoms with E-state index >= 15 is 0 Å². The fraction of sp³-hybridized carbons (Fsp3) is 0.238. The second kappa shape index (κ2) is 7.44. The van der Waals surface area contributed by atoms with Crippen LogP contribution >= 0.6 is 0 Å². The Balaban J connectivity index is 1.78. The van der Waals surface area contributed by atoms with Crippen molar-refractivity contribution in [2.45, 2.75) is 26.7 Å². The number of nitrogens with zero attached hydrogens (tertiary/aromatic N) is 2. The van der Waals surface area contributed by atoms with E-state index < -0.39 is 0 Å². The van der Waals surface area contributed by atoms with Gasteiger partial charge in [0.2, 0.25) is 5.91 Å². The highest BCUT2D eigenvalue weighted by atomic mass is 16.2. The van der Waals surface area contributed by atoms with Gasteiger partial charge >= 0.3 is 0 Å². The molecule has 0 saturated carbocycles. The molecule has 0 fully saturated rings. The fourth-order valence-corrected chi connectivity index (χ4v) is 3.04. The molecule has 0 atom stereocenters. The van der Waals surface area contributed by atoms with Crippen LogP contribution in [0, 0.1) is 13.8 Å². The molecule has 0 unspecified atom stereocenters. The Morgan fingerprint density at radius 2 is 1.77 bits per heavy atom. The number of benzene rings is 2. The molecule has 0 saturated heterocycles. The van der Waals surface area contributed by atoms with E-state index in [2.05, 4.69) is 11.4 Å². The molecular formula is C21H23N3O2. The third-order valence-electron chi connectivity index (χ3n) is 4.54. The van der Waals surface area contributed by atoms with Crippen molar-refractivity contribution in [3.8, 4) is 5.69 Å². The van der Waals surface area contributed by atoms with Gasteiger partial charge < -0.3 is 5.32 Å². The Morgan fingerprint density at radius 1 is 1.04 bits per heavy atom. The highest BCUT2D eigenvalue weighted by Crippen LogP contribution is 2.14. The smallest absolute Gasteiger partial charge is 0.295 e. The topological polar surface area (TPSA) is 56.0 Å². The van der Waals surface area contributed by atoms with Crippen LogP contribution in [-0.4, -0.2) is 15.3 Å². The lowest BCUT2D eigenvalue weighted by Crippen LogP contribution is -2.23. The van der Waals surface area contributed by atoms with Crippen molar-refractivity contribution in [3.05, 3.63) is 81.8 Å². The van der Waals surface area contributed by atoms with Crippen LogP contribution in [0.4, 0.5) is 5.69 Å². The number of anilines is 1. The molecule has 0 aliphatic heterocycles. The first-order valence-electron chi connectivity index (χ1n) is 8.67. The zero-order valence-corrected chi connectivity index (χ0v) is 15.3. The lowest BCUT2D eigenvalue weighted by molar-refractivity contribution is -0.116. The van der Waals surface area contributed by atoms with Crippen molar-refractivity contribution in [1.82, 2.24) is 9.36 Å². The van der Waals surface area contributed by atoms with Crippen LogP contribution in [0.25, 0.3) is 5.69 Å². The maximum Gasteiger partial charge on any atom is 0.295 e. The summed E-state index contributed by atoms with van der Waals surface area (Å²) >= 11 is 0. The predicted octanol–water partition coefficient (Wildman–Crippen LogP) is 3.36. The Morgan fingerprint density at radius 3 is 2.46 bits per heavy atom. The molecule has 2 aromatic carbocycles. The van der Waals surface area contributed by atoms with Crippen molar-refractivity contribution in [1.29, 1.82) is 0 Å². The number of aryl methyl sites for hydroxylation is 2. The average molecular weight is 349 g/mol. The van der Waals surface area contributed by atoms with Crippen LogP contribution in [0.1, 0.15) is 23.2 Å². The summed E-state index contributed by atoms with van der Waals surface area (Å²) in [5, 5.41) is 2.80. The number of amides is 1. The SMILES string of the molecule is Cc1cccc(CCC(=O)Nc2c(C)n(C)n(-c3ccccc3)c2=O)c1. The maximum atomic E-state index is 12.8. The Hall–Kier alpha value is -3.08. The number of nitrogens with one attached hydrogen (secondary N) is 1. The first kappa shape index (κ1) is 17.7. The molecule has 5 heteroatoms. The summed E-state index contributed by atoms with van der Waals surface area (Å²) < 4.78 is 3.32. The van der Waals surface area contributed by atoms with Gasteiger partial charge in [-0.2, -0.15) is 0 Å². The van der Waals surface area contributed by atoms with Gasteiger partial charge in [-0.05, 0) is 38.0 Å². The van der Waals surface area contributed by atoms with Gasteiger partial charge in [-0.3, -0.25) is 14.3 Å². The second-order valence-corrected chi connectivity index (χ2v) is 6.47. The van der Waals surface area contributed by atoms with E-state index in [1.54, 1.807) is 9.36 Å². The quantitative estimate of drug-likeness (QED) is 0.768. The number of carbonyl (C=O) groups excluding carboxylic acids is 1. The Labute approximate surface area is 152 Å². The van der Waals surface area contributed by atoms with Gasteiger partial charge in [0.25, 0.3) is 5.56 Å². The van der Waals surface area contributed by atoms with Gasteiger partial charge in [0, 0.05) is 13.5 Å². The zero-order valence-electron chi connectivity index (χ0n) is 15.3. The van der Waals surface area contributed by atoms with Gasteiger partial charge in [-0.25, -0.2) is 4.68 Å². The van der Waals surface area contributed by atoms with Crippen molar-refractivity contribution < 1.29 is 4.79 Å². The summed E-state index contributed by atoms with van der Waals surface area (Å²) in [7, 11) is 1.81. The molecule has 0 spiro atoms. The van der Waals surface area contributed by atoms with E-state index in [4.69, 9.17) is 0 Å². The van der Waals surface area contributed by atoms with E-state index in [1.807, 2.05) is 69.4 Å². The molecule has 0 aliphatic rings. The number of aromatic nitrogens is 2. The third-order valence-corrected chi connectivity index (χ3v) is 4.54. The van der Waals surface area contributed by atoms with Gasteiger partial charge in [0.15, 0.2) is 0 Å². The first-order valence-corrected chi connectivity index (χ1v) is 8.67. The fourth-order valence-electron chi connectivity index (χ4n) is 3.04. The van der Waals surface area contributed by atoms with E-state index in [-0.39, 0.29) is 11.5 Å². The molecule has 3 rings (SSSR count). The summed E-state index contributed by atoms with van der Waals surface area (Å²) in [6, 6.07) is 17.5. The normalized spacial score (nSPS) is 10.7. The van der Waals surface area contributed by atoms with Crippen molar-refractivity contribution >= 4 is 11.6 Å². The molecule has 5 nitrogen and oxygen atoms in total. The molecule has 0 aliphatic carbocycles. The van der Waals surface area contributed by atoms with E-state index in [0.717, 1.165) is 16.9 Å². The molecule has 3 aromatic rings. The molecule has 1 N–H and O–H groups in total. The number of para-hydroxylation sites is 1. The van der Waals surface area contributed by atoms with E-state index in [1.165, 1.54) is 5.56 Å². The first-order chi connectivity index (χ1) is 12.5. The van der Waals surface area contributed by atoms with Crippen molar-refractivity contribution in [3.63, 3.8) is 0 Å². The van der Waals surface area contributed by atoms with E-state index in [9.17, 15) is 9.59 Å². The summed E-state index contributed by atoms with van der Waals surface area (Å²) in [6.45, 7) is 3.86. The minimum Gasteiger partial charge on any atom is -0.320 e. The highest BCUT2D eigenvalue weighted by molar-refractivity contribution is 5.91. The number of hydrogen-bond donors (Lipinski definition) is 1. The molecule has 1 aromatic heterocycles. The zero-order chi connectivity index (χ0) is 18.7. The van der Waals surface area contributed by atoms with Crippen LogP contribution in [0.5, 0.6) is 0 Å². The lowest BCUT2D eigenvalue weighted by Gasteiger charge is -2.07.